The van der Waals surface area contributed by atoms with Crippen LogP contribution in [0.5, 0.6) is 11.5 Å². The first-order chi connectivity index (χ1) is 14.4. The van der Waals surface area contributed by atoms with Crippen molar-refractivity contribution in [1.82, 2.24) is 10.6 Å². The van der Waals surface area contributed by atoms with Gasteiger partial charge in [0.25, 0.3) is 5.91 Å². The summed E-state index contributed by atoms with van der Waals surface area (Å²) in [6.45, 7) is 0.217. The number of amides is 2. The van der Waals surface area contributed by atoms with E-state index in [9.17, 15) is 14.0 Å². The monoisotopic (exact) mass is 435 g/mol. The summed E-state index contributed by atoms with van der Waals surface area (Å²) in [6.07, 6.45) is 1.22. The quantitative estimate of drug-likeness (QED) is 0.622. The molecule has 0 bridgehead atoms. The number of anilines is 1. The Kier molecular flexibility index (Phi) is 7.48. The molecule has 0 spiro atoms. The summed E-state index contributed by atoms with van der Waals surface area (Å²) >= 11 is 5.61. The number of nitrogens with one attached hydrogen (secondary N) is 3. The van der Waals surface area contributed by atoms with Crippen LogP contribution in [0.2, 0.25) is 5.02 Å². The van der Waals surface area contributed by atoms with Gasteiger partial charge in [-0.25, -0.2) is 4.39 Å². The molecule has 7 nitrogen and oxygen atoms in total. The zero-order chi connectivity index (χ0) is 21.5. The van der Waals surface area contributed by atoms with Gasteiger partial charge in [-0.15, -0.1) is 0 Å². The Morgan fingerprint density at radius 1 is 1.20 bits per heavy atom. The Morgan fingerprint density at radius 3 is 2.73 bits per heavy atom. The molecule has 2 aromatic rings. The topological polar surface area (TPSA) is 88.7 Å². The lowest BCUT2D eigenvalue weighted by Gasteiger charge is -2.29. The third-order valence-electron chi connectivity index (χ3n) is 4.69. The molecule has 160 valence electrons. The summed E-state index contributed by atoms with van der Waals surface area (Å²) in [5.74, 6) is -0.180. The van der Waals surface area contributed by atoms with Crippen LogP contribution in [-0.2, 0) is 9.59 Å². The van der Waals surface area contributed by atoms with Crippen LogP contribution in [0.3, 0.4) is 0 Å². The normalized spacial score (nSPS) is 18.4. The van der Waals surface area contributed by atoms with Crippen LogP contribution in [-0.4, -0.2) is 44.2 Å². The summed E-state index contributed by atoms with van der Waals surface area (Å²) in [5, 5.41) is 8.84. The fourth-order valence-corrected chi connectivity index (χ4v) is 3.24. The molecule has 1 heterocycles. The predicted molar refractivity (Wildman–Crippen MR) is 111 cm³/mol. The van der Waals surface area contributed by atoms with E-state index in [0.29, 0.717) is 30.8 Å². The number of rotatable bonds is 7. The molecule has 3 rings (SSSR count). The fourth-order valence-electron chi connectivity index (χ4n) is 3.12. The van der Waals surface area contributed by atoms with Gasteiger partial charge in [-0.1, -0.05) is 17.7 Å². The van der Waals surface area contributed by atoms with E-state index in [1.54, 1.807) is 31.4 Å². The number of halogens is 2. The maximum Gasteiger partial charge on any atom is 0.258 e. The van der Waals surface area contributed by atoms with Crippen LogP contribution in [0, 0.1) is 5.82 Å². The smallest absolute Gasteiger partial charge is 0.258 e. The molecule has 0 aliphatic carbocycles. The van der Waals surface area contributed by atoms with E-state index < -0.39 is 5.82 Å². The molecule has 3 N–H and O–H groups in total. The molecule has 1 aliphatic heterocycles. The number of carbonyl (C=O) groups is 2. The van der Waals surface area contributed by atoms with Crippen molar-refractivity contribution >= 4 is 29.1 Å². The number of hydrogen-bond donors (Lipinski definition) is 3. The van der Waals surface area contributed by atoms with Gasteiger partial charge in [-0.2, -0.15) is 0 Å². The molecule has 1 aliphatic rings. The molecule has 0 unspecified atom stereocenters. The third kappa shape index (κ3) is 6.08. The molecule has 30 heavy (non-hydrogen) atoms. The second kappa shape index (κ2) is 10.3. The van der Waals surface area contributed by atoms with E-state index in [0.717, 1.165) is 6.07 Å². The minimum atomic E-state index is -0.607. The molecule has 1 saturated heterocycles. The first-order valence-electron chi connectivity index (χ1n) is 9.50. The highest BCUT2D eigenvalue weighted by Crippen LogP contribution is 2.20. The number of hydrogen-bond acceptors (Lipinski definition) is 5. The van der Waals surface area contributed by atoms with E-state index >= 15 is 0 Å². The molecule has 2 amide bonds. The Bertz CT molecular complexity index is 904. The summed E-state index contributed by atoms with van der Waals surface area (Å²) in [6, 6.07) is 10.7. The van der Waals surface area contributed by atoms with Crippen molar-refractivity contribution in [3.05, 3.63) is 53.3 Å². The number of piperidine rings is 1. The van der Waals surface area contributed by atoms with Crippen LogP contribution in [0.4, 0.5) is 10.1 Å². The largest absolute Gasteiger partial charge is 0.497 e. The lowest BCUT2D eigenvalue weighted by molar-refractivity contribution is -0.124. The SMILES string of the molecule is COc1cccc(NC(=O)[C@H]2CC[C@H](NC(=O)COc3ccc(Cl)c(F)c3)CN2)c1. The maximum atomic E-state index is 13.4. The van der Waals surface area contributed by atoms with Crippen molar-refractivity contribution in [3.63, 3.8) is 0 Å². The summed E-state index contributed by atoms with van der Waals surface area (Å²) in [4.78, 5) is 24.5. The Balaban J connectivity index is 1.40. The zero-order valence-corrected chi connectivity index (χ0v) is 17.2. The first kappa shape index (κ1) is 21.9. The standard InChI is InChI=1S/C21H23ClFN3O4/c1-29-15-4-2-3-13(9-15)26-21(28)19-8-5-14(11-24-19)25-20(27)12-30-16-6-7-17(22)18(23)10-16/h2-4,6-7,9-10,14,19,24H,5,8,11-12H2,1H3,(H,25,27)(H,26,28)/t14-,19+/m0/s1. The first-order valence-corrected chi connectivity index (χ1v) is 9.88. The van der Waals surface area contributed by atoms with Crippen LogP contribution >= 0.6 is 11.6 Å². The molecule has 0 radical (unpaired) electrons. The van der Waals surface area contributed by atoms with E-state index in [1.807, 2.05) is 0 Å². The van der Waals surface area contributed by atoms with Crippen LogP contribution in [0.15, 0.2) is 42.5 Å². The molecular formula is C21H23ClFN3O4. The highest BCUT2D eigenvalue weighted by Gasteiger charge is 2.26. The van der Waals surface area contributed by atoms with E-state index in [-0.39, 0.29) is 41.3 Å². The van der Waals surface area contributed by atoms with Crippen LogP contribution in [0.25, 0.3) is 0 Å². The van der Waals surface area contributed by atoms with Gasteiger partial charge < -0.3 is 25.4 Å². The second-order valence-electron chi connectivity index (χ2n) is 6.89. The van der Waals surface area contributed by atoms with Crippen molar-refractivity contribution in [2.24, 2.45) is 0 Å². The molecule has 9 heteroatoms. The average molecular weight is 436 g/mol. The van der Waals surface area contributed by atoms with Gasteiger partial charge in [0.2, 0.25) is 5.91 Å². The van der Waals surface area contributed by atoms with E-state index in [1.165, 1.54) is 12.1 Å². The van der Waals surface area contributed by atoms with Crippen LogP contribution in [0.1, 0.15) is 12.8 Å². The highest BCUT2D eigenvalue weighted by molar-refractivity contribution is 6.30. The number of carbonyl (C=O) groups excluding carboxylic acids is 2. The predicted octanol–water partition coefficient (Wildman–Crippen LogP) is 2.74. The number of benzene rings is 2. The maximum absolute atomic E-state index is 13.4. The minimum absolute atomic E-state index is 0.00919. The van der Waals surface area contributed by atoms with E-state index in [2.05, 4.69) is 16.0 Å². The fraction of sp³-hybridized carbons (Fsp3) is 0.333. The Morgan fingerprint density at radius 2 is 2.03 bits per heavy atom. The lowest BCUT2D eigenvalue weighted by Crippen LogP contribution is -2.53. The third-order valence-corrected chi connectivity index (χ3v) is 5.00. The molecular weight excluding hydrogens is 413 g/mol. The summed E-state index contributed by atoms with van der Waals surface area (Å²) < 4.78 is 23.8. The average Bonchev–Trinajstić information content (AvgIpc) is 2.75. The van der Waals surface area contributed by atoms with Gasteiger partial charge in [-0.3, -0.25) is 9.59 Å². The number of ether oxygens (including phenoxy) is 2. The Hall–Kier alpha value is -2.84. The van der Waals surface area contributed by atoms with Gasteiger partial charge in [0.15, 0.2) is 6.61 Å². The summed E-state index contributed by atoms with van der Waals surface area (Å²) in [7, 11) is 1.57. The molecule has 2 atom stereocenters. The molecule has 0 aromatic heterocycles. The highest BCUT2D eigenvalue weighted by atomic mass is 35.5. The molecule has 2 aromatic carbocycles. The Labute approximate surface area is 178 Å². The van der Waals surface area contributed by atoms with Crippen molar-refractivity contribution in [2.45, 2.75) is 24.9 Å². The minimum Gasteiger partial charge on any atom is -0.497 e. The molecule has 0 saturated carbocycles. The van der Waals surface area contributed by atoms with Crippen molar-refractivity contribution in [1.29, 1.82) is 0 Å². The second-order valence-corrected chi connectivity index (χ2v) is 7.30. The van der Waals surface area contributed by atoms with Crippen LogP contribution < -0.4 is 25.4 Å². The van der Waals surface area contributed by atoms with Gasteiger partial charge >= 0.3 is 0 Å². The van der Waals surface area contributed by atoms with Gasteiger partial charge in [-0.05, 0) is 37.1 Å². The van der Waals surface area contributed by atoms with E-state index in [4.69, 9.17) is 21.1 Å². The van der Waals surface area contributed by atoms with Crippen molar-refractivity contribution in [3.8, 4) is 11.5 Å². The van der Waals surface area contributed by atoms with Crippen molar-refractivity contribution < 1.29 is 23.5 Å². The molecule has 1 fully saturated rings. The van der Waals surface area contributed by atoms with Gasteiger partial charge in [0.1, 0.15) is 17.3 Å². The number of methoxy groups -OCH3 is 1. The van der Waals surface area contributed by atoms with Gasteiger partial charge in [0.05, 0.1) is 18.2 Å². The van der Waals surface area contributed by atoms with Gasteiger partial charge in [0, 0.05) is 30.4 Å². The zero-order valence-electron chi connectivity index (χ0n) is 16.4. The van der Waals surface area contributed by atoms with Crippen molar-refractivity contribution in [2.75, 3.05) is 25.6 Å². The lowest BCUT2D eigenvalue weighted by atomic mass is 10.00. The summed E-state index contributed by atoms with van der Waals surface area (Å²) in [5.41, 5.74) is 0.660.